The molecular weight excluding hydrogens is 201 g/mol. The first-order valence-electron chi connectivity index (χ1n) is 3.43. The second kappa shape index (κ2) is 3.17. The Morgan fingerprint density at radius 1 is 1.50 bits per heavy atom. The van der Waals surface area contributed by atoms with E-state index in [1.807, 2.05) is 0 Å². The van der Waals surface area contributed by atoms with Crippen molar-refractivity contribution in [2.45, 2.75) is 6.18 Å². The quantitative estimate of drug-likeness (QED) is 0.534. The average Bonchev–Trinajstić information content (AvgIpc) is 2.01. The van der Waals surface area contributed by atoms with E-state index in [0.717, 1.165) is 12.1 Å². The van der Waals surface area contributed by atoms with Gasteiger partial charge in [-0.3, -0.25) is 4.79 Å². The zero-order valence-corrected chi connectivity index (χ0v) is 6.71. The molecule has 2 N–H and O–H groups in total. The second-order valence-electron chi connectivity index (χ2n) is 2.46. The van der Waals surface area contributed by atoms with Crippen LogP contribution in [0.2, 0.25) is 0 Å². The Morgan fingerprint density at radius 2 is 2.07 bits per heavy atom. The number of alkyl halides is 3. The molecule has 0 radical (unpaired) electrons. The molecule has 76 valence electrons. The van der Waals surface area contributed by atoms with E-state index in [2.05, 4.69) is 5.73 Å². The minimum atomic E-state index is -4.90. The third-order valence-electron chi connectivity index (χ3n) is 1.49. The smallest absolute Gasteiger partial charge is 0.479 e. The van der Waals surface area contributed by atoms with Crippen LogP contribution in [0.1, 0.15) is 16.1 Å². The van der Waals surface area contributed by atoms with Crippen LogP contribution in [-0.2, 0) is 6.18 Å². The summed E-state index contributed by atoms with van der Waals surface area (Å²) in [4.78, 5) is 10.6. The maximum atomic E-state index is 12.2. The van der Waals surface area contributed by atoms with Crippen molar-refractivity contribution in [3.63, 3.8) is 0 Å². The molecule has 14 heavy (non-hydrogen) atoms. The van der Waals surface area contributed by atoms with Crippen molar-refractivity contribution in [3.8, 4) is 0 Å². The molecule has 0 spiro atoms. The molecule has 0 aliphatic rings. The second-order valence-corrected chi connectivity index (χ2v) is 2.46. The van der Waals surface area contributed by atoms with E-state index in [0.29, 0.717) is 6.20 Å². The van der Waals surface area contributed by atoms with Gasteiger partial charge in [0.15, 0.2) is 6.20 Å². The van der Waals surface area contributed by atoms with Gasteiger partial charge in [0.2, 0.25) is 0 Å². The molecule has 0 bridgehead atoms. The van der Waals surface area contributed by atoms with Crippen molar-refractivity contribution < 1.29 is 22.7 Å². The summed E-state index contributed by atoms with van der Waals surface area (Å²) >= 11 is 0. The van der Waals surface area contributed by atoms with Crippen molar-refractivity contribution in [1.82, 2.24) is 0 Å². The van der Waals surface area contributed by atoms with E-state index < -0.39 is 28.1 Å². The number of carbonyl (C=O) groups is 1. The number of pyridine rings is 1. The Balaban J connectivity index is 3.45. The fourth-order valence-electron chi connectivity index (χ4n) is 0.966. The van der Waals surface area contributed by atoms with E-state index in [-0.39, 0.29) is 0 Å². The Bertz CT molecular complexity index is 376. The highest BCUT2D eigenvalue weighted by molar-refractivity contribution is 5.93. The van der Waals surface area contributed by atoms with Crippen molar-refractivity contribution in [2.75, 3.05) is 0 Å². The van der Waals surface area contributed by atoms with Gasteiger partial charge in [-0.15, -0.1) is 0 Å². The lowest BCUT2D eigenvalue weighted by atomic mass is 10.2. The molecule has 4 nitrogen and oxygen atoms in total. The van der Waals surface area contributed by atoms with Crippen molar-refractivity contribution in [3.05, 3.63) is 34.8 Å². The lowest BCUT2D eigenvalue weighted by Crippen LogP contribution is -2.39. The zero-order valence-electron chi connectivity index (χ0n) is 6.71. The minimum Gasteiger partial charge on any atom is -0.618 e. The molecule has 0 unspecified atom stereocenters. The molecule has 1 heterocycles. The zero-order chi connectivity index (χ0) is 10.9. The predicted molar refractivity (Wildman–Crippen MR) is 38.9 cm³/mol. The van der Waals surface area contributed by atoms with Crippen LogP contribution >= 0.6 is 0 Å². The van der Waals surface area contributed by atoms with Gasteiger partial charge < -0.3 is 10.9 Å². The molecule has 0 atom stereocenters. The Kier molecular flexibility index (Phi) is 2.33. The van der Waals surface area contributed by atoms with Crippen molar-refractivity contribution in [2.24, 2.45) is 5.73 Å². The molecule has 7 heteroatoms. The molecule has 0 aromatic carbocycles. The summed E-state index contributed by atoms with van der Waals surface area (Å²) in [7, 11) is 0. The summed E-state index contributed by atoms with van der Waals surface area (Å²) in [5.74, 6) is -1.29. The first-order chi connectivity index (χ1) is 6.34. The normalized spacial score (nSPS) is 11.4. The highest BCUT2D eigenvalue weighted by atomic mass is 19.4. The number of halogens is 3. The summed E-state index contributed by atoms with van der Waals surface area (Å²) in [5.41, 5.74) is 2.26. The maximum Gasteiger partial charge on any atom is 0.479 e. The van der Waals surface area contributed by atoms with Crippen LogP contribution in [0, 0.1) is 5.21 Å². The lowest BCUT2D eigenvalue weighted by molar-refractivity contribution is -0.629. The van der Waals surface area contributed by atoms with E-state index in [4.69, 9.17) is 0 Å². The summed E-state index contributed by atoms with van der Waals surface area (Å²) in [5, 5.41) is 10.8. The summed E-state index contributed by atoms with van der Waals surface area (Å²) in [6.45, 7) is 0. The predicted octanol–water partition coefficient (Wildman–Crippen LogP) is 0.438. The number of hydrogen-bond acceptors (Lipinski definition) is 2. The lowest BCUT2D eigenvalue weighted by Gasteiger charge is -2.09. The van der Waals surface area contributed by atoms with Crippen LogP contribution in [0.5, 0.6) is 0 Å². The first kappa shape index (κ1) is 10.3. The van der Waals surface area contributed by atoms with Crippen LogP contribution in [0.15, 0.2) is 18.3 Å². The number of hydrogen-bond donors (Lipinski definition) is 1. The summed E-state index contributed by atoms with van der Waals surface area (Å²) < 4.78 is 36.3. The van der Waals surface area contributed by atoms with Gasteiger partial charge in [-0.25, -0.2) is 0 Å². The SMILES string of the molecule is NC(=O)c1ccc[n+]([O-])c1C(F)(F)F. The monoisotopic (exact) mass is 206 g/mol. The van der Waals surface area contributed by atoms with Gasteiger partial charge in [0.1, 0.15) is 5.56 Å². The standard InChI is InChI=1S/C7H5F3N2O2/c8-7(9,10)5-4(6(11)13)2-1-3-12(5)14/h1-3H,(H2,11,13). The molecular formula is C7H5F3N2O2. The van der Waals surface area contributed by atoms with Crippen molar-refractivity contribution in [1.29, 1.82) is 0 Å². The van der Waals surface area contributed by atoms with Crippen LogP contribution in [0.3, 0.4) is 0 Å². The molecule has 1 amide bonds. The van der Waals surface area contributed by atoms with Gasteiger partial charge in [0.05, 0.1) is 0 Å². The number of rotatable bonds is 1. The van der Waals surface area contributed by atoms with E-state index >= 15 is 0 Å². The van der Waals surface area contributed by atoms with Crippen LogP contribution < -0.4 is 10.5 Å². The van der Waals surface area contributed by atoms with Crippen LogP contribution in [0.25, 0.3) is 0 Å². The van der Waals surface area contributed by atoms with E-state index in [9.17, 15) is 23.2 Å². The average molecular weight is 206 g/mol. The topological polar surface area (TPSA) is 70.0 Å². The number of nitrogens with two attached hydrogens (primary N) is 1. The Hall–Kier alpha value is -1.79. The maximum absolute atomic E-state index is 12.2. The van der Waals surface area contributed by atoms with Gasteiger partial charge in [-0.2, -0.15) is 17.9 Å². The summed E-state index contributed by atoms with van der Waals surface area (Å²) in [6, 6.07) is 1.86. The molecule has 1 aromatic rings. The molecule has 1 rings (SSSR count). The number of carbonyl (C=O) groups excluding carboxylic acids is 1. The first-order valence-corrected chi connectivity index (χ1v) is 3.43. The number of amides is 1. The van der Waals surface area contributed by atoms with Gasteiger partial charge >= 0.3 is 11.9 Å². The fraction of sp³-hybridized carbons (Fsp3) is 0.143. The highest BCUT2D eigenvalue weighted by Gasteiger charge is 2.43. The molecule has 0 saturated heterocycles. The molecule has 0 saturated carbocycles. The summed E-state index contributed by atoms with van der Waals surface area (Å²) in [6.07, 6.45) is -4.25. The van der Waals surface area contributed by atoms with E-state index in [1.165, 1.54) is 0 Å². The number of primary amides is 1. The van der Waals surface area contributed by atoms with Gasteiger partial charge in [-0.1, -0.05) is 0 Å². The third-order valence-corrected chi connectivity index (χ3v) is 1.49. The van der Waals surface area contributed by atoms with Gasteiger partial charge in [0, 0.05) is 6.07 Å². The van der Waals surface area contributed by atoms with Gasteiger partial charge in [-0.05, 0) is 6.07 Å². The van der Waals surface area contributed by atoms with Crippen LogP contribution in [0.4, 0.5) is 13.2 Å². The molecule has 0 aliphatic carbocycles. The van der Waals surface area contributed by atoms with E-state index in [1.54, 1.807) is 0 Å². The third kappa shape index (κ3) is 1.76. The molecule has 0 fully saturated rings. The number of aromatic nitrogens is 1. The van der Waals surface area contributed by atoms with Crippen LogP contribution in [-0.4, -0.2) is 5.91 Å². The minimum absolute atomic E-state index is 0.430. The molecule has 1 aromatic heterocycles. The number of nitrogens with zero attached hydrogens (tertiary/aromatic N) is 1. The largest absolute Gasteiger partial charge is 0.618 e. The highest BCUT2D eigenvalue weighted by Crippen LogP contribution is 2.28. The van der Waals surface area contributed by atoms with Crippen molar-refractivity contribution >= 4 is 5.91 Å². The Labute approximate surface area is 76.3 Å². The van der Waals surface area contributed by atoms with Gasteiger partial charge in [0.25, 0.3) is 5.91 Å². The Morgan fingerprint density at radius 3 is 2.43 bits per heavy atom. The molecule has 0 aliphatic heterocycles. The fourth-order valence-corrected chi connectivity index (χ4v) is 0.966.